The summed E-state index contributed by atoms with van der Waals surface area (Å²) in [6.07, 6.45) is 1.09. The fourth-order valence-electron chi connectivity index (χ4n) is 2.76. The third-order valence-corrected chi connectivity index (χ3v) is 6.06. The summed E-state index contributed by atoms with van der Waals surface area (Å²) in [7, 11) is -1.56. The molecular weight excluding hydrogens is 312 g/mol. The Hall–Kier alpha value is -1.32. The fourth-order valence-corrected chi connectivity index (χ4v) is 4.44. The molecule has 0 spiro atoms. The fraction of sp³-hybridized carbons (Fsp3) is 0.476. The highest BCUT2D eigenvalue weighted by Gasteiger charge is 2.13. The molecule has 2 N–H and O–H groups in total. The number of hydrogen-bond acceptors (Lipinski definition) is 2. The van der Waals surface area contributed by atoms with Gasteiger partial charge in [-0.25, -0.2) is 0 Å². The summed E-state index contributed by atoms with van der Waals surface area (Å²) < 4.78 is 3.59. The SMILES string of the molecule is C=S(=C)(NCCC(C)(C)C)c1cc(C(C(C)=N)=C(C)C)ccc1C. The second-order valence-electron chi connectivity index (χ2n) is 8.07. The van der Waals surface area contributed by atoms with E-state index < -0.39 is 9.39 Å². The molecule has 0 saturated carbocycles. The summed E-state index contributed by atoms with van der Waals surface area (Å²) >= 11 is 0. The molecule has 0 aliphatic carbocycles. The quantitative estimate of drug-likeness (QED) is 0.496. The van der Waals surface area contributed by atoms with E-state index in [1.807, 2.05) is 6.92 Å². The Bertz CT molecular complexity index is 741. The van der Waals surface area contributed by atoms with Crippen LogP contribution in [0.15, 0.2) is 28.7 Å². The molecule has 1 aromatic rings. The van der Waals surface area contributed by atoms with Gasteiger partial charge >= 0.3 is 0 Å². The maximum absolute atomic E-state index is 8.08. The van der Waals surface area contributed by atoms with Crippen molar-refractivity contribution < 1.29 is 0 Å². The van der Waals surface area contributed by atoms with Gasteiger partial charge in [0, 0.05) is 22.7 Å². The third kappa shape index (κ3) is 5.64. The van der Waals surface area contributed by atoms with Crippen molar-refractivity contribution in [1.82, 2.24) is 4.72 Å². The van der Waals surface area contributed by atoms with E-state index in [4.69, 9.17) is 5.41 Å². The highest BCUT2D eigenvalue weighted by molar-refractivity contribution is 8.26. The monoisotopic (exact) mass is 346 g/mol. The topological polar surface area (TPSA) is 35.9 Å². The molecule has 0 aliphatic heterocycles. The minimum absolute atomic E-state index is 0.298. The van der Waals surface area contributed by atoms with Crippen LogP contribution < -0.4 is 4.72 Å². The van der Waals surface area contributed by atoms with Crippen LogP contribution in [0.4, 0.5) is 0 Å². The molecule has 0 amide bonds. The van der Waals surface area contributed by atoms with E-state index in [2.05, 4.69) is 76.2 Å². The summed E-state index contributed by atoms with van der Waals surface area (Å²) in [6.45, 7) is 15.7. The summed E-state index contributed by atoms with van der Waals surface area (Å²) in [5, 5.41) is 8.08. The van der Waals surface area contributed by atoms with Crippen molar-refractivity contribution in [2.75, 3.05) is 6.54 Å². The third-order valence-electron chi connectivity index (χ3n) is 4.03. The largest absolute Gasteiger partial charge is 0.305 e. The van der Waals surface area contributed by atoms with Crippen molar-refractivity contribution in [3.8, 4) is 0 Å². The number of benzene rings is 1. The summed E-state index contributed by atoms with van der Waals surface area (Å²) in [4.78, 5) is 1.17. The zero-order valence-electron chi connectivity index (χ0n) is 16.5. The summed E-state index contributed by atoms with van der Waals surface area (Å²) in [5.41, 5.74) is 5.36. The lowest BCUT2D eigenvalue weighted by molar-refractivity contribution is 0.380. The summed E-state index contributed by atoms with van der Waals surface area (Å²) in [5.74, 6) is 8.80. The van der Waals surface area contributed by atoms with Gasteiger partial charge in [-0.15, -0.1) is 9.39 Å². The second-order valence-corrected chi connectivity index (χ2v) is 10.6. The van der Waals surface area contributed by atoms with Gasteiger partial charge in [0.2, 0.25) is 0 Å². The second kappa shape index (κ2) is 7.71. The molecule has 0 atom stereocenters. The van der Waals surface area contributed by atoms with Crippen LogP contribution in [-0.2, 0) is 0 Å². The number of aryl methyl sites for hydroxylation is 1. The van der Waals surface area contributed by atoms with Gasteiger partial charge in [-0.3, -0.25) is 4.72 Å². The predicted octanol–water partition coefficient (Wildman–Crippen LogP) is 5.80. The Morgan fingerprint density at radius 1 is 1.17 bits per heavy atom. The molecule has 0 saturated heterocycles. The lowest BCUT2D eigenvalue weighted by Crippen LogP contribution is -2.18. The van der Waals surface area contributed by atoms with E-state index >= 15 is 0 Å². The normalized spacial score (nSPS) is 12.1. The zero-order valence-corrected chi connectivity index (χ0v) is 17.3. The lowest BCUT2D eigenvalue weighted by Gasteiger charge is -2.24. The zero-order chi connectivity index (χ0) is 18.7. The molecule has 134 valence electrons. The van der Waals surface area contributed by atoms with Gasteiger partial charge in [0.1, 0.15) is 0 Å². The van der Waals surface area contributed by atoms with Crippen LogP contribution in [0.25, 0.3) is 5.57 Å². The van der Waals surface area contributed by atoms with Crippen molar-refractivity contribution in [2.24, 2.45) is 5.41 Å². The van der Waals surface area contributed by atoms with Gasteiger partial charge in [0.15, 0.2) is 0 Å². The smallest absolute Gasteiger partial charge is 0.0360 e. The van der Waals surface area contributed by atoms with Crippen molar-refractivity contribution in [3.05, 3.63) is 34.9 Å². The minimum atomic E-state index is -1.56. The minimum Gasteiger partial charge on any atom is -0.305 e. The first kappa shape index (κ1) is 20.7. The Balaban J connectivity index is 3.23. The maximum atomic E-state index is 8.08. The van der Waals surface area contributed by atoms with Crippen molar-refractivity contribution in [2.45, 2.75) is 59.8 Å². The molecular formula is C21H34N2S. The Morgan fingerprint density at radius 2 is 1.75 bits per heavy atom. The van der Waals surface area contributed by atoms with E-state index in [0.717, 1.165) is 29.7 Å². The van der Waals surface area contributed by atoms with Crippen LogP contribution in [0.5, 0.6) is 0 Å². The molecule has 24 heavy (non-hydrogen) atoms. The van der Waals surface area contributed by atoms with Gasteiger partial charge < -0.3 is 5.41 Å². The van der Waals surface area contributed by atoms with Crippen molar-refractivity contribution >= 4 is 32.4 Å². The van der Waals surface area contributed by atoms with E-state index in [1.54, 1.807) is 0 Å². The molecule has 0 unspecified atom stereocenters. The van der Waals surface area contributed by atoms with Crippen LogP contribution in [0.3, 0.4) is 0 Å². The molecule has 0 radical (unpaired) electrons. The Labute approximate surface area is 149 Å². The number of nitrogens with one attached hydrogen (secondary N) is 2. The van der Waals surface area contributed by atoms with Gasteiger partial charge in [-0.1, -0.05) is 50.2 Å². The number of hydrogen-bond donors (Lipinski definition) is 2. The number of allylic oxidation sites excluding steroid dienone is 2. The predicted molar refractivity (Wildman–Crippen MR) is 115 cm³/mol. The molecule has 1 aromatic carbocycles. The van der Waals surface area contributed by atoms with Gasteiger partial charge in [-0.05, 0) is 56.7 Å². The molecule has 0 aliphatic rings. The van der Waals surface area contributed by atoms with E-state index in [9.17, 15) is 0 Å². The first-order valence-electron chi connectivity index (χ1n) is 8.43. The molecule has 0 fully saturated rings. The average molecular weight is 347 g/mol. The first-order valence-corrected chi connectivity index (χ1v) is 10.4. The first-order chi connectivity index (χ1) is 10.8. The van der Waals surface area contributed by atoms with Crippen LogP contribution in [-0.4, -0.2) is 24.0 Å². The molecule has 0 aromatic heterocycles. The van der Waals surface area contributed by atoms with E-state index in [1.165, 1.54) is 10.5 Å². The standard InChI is InChI=1S/C21H34N2S/c1-15(2)20(17(4)22)18-11-10-16(3)19(14-18)24(8,9)23-13-12-21(5,6)7/h10-11,14,22-23H,8-9,12-13H2,1-7H3. The van der Waals surface area contributed by atoms with Crippen molar-refractivity contribution in [3.63, 3.8) is 0 Å². The highest BCUT2D eigenvalue weighted by atomic mass is 32.2. The summed E-state index contributed by atoms with van der Waals surface area (Å²) in [6, 6.07) is 6.40. The molecule has 0 bridgehead atoms. The highest BCUT2D eigenvalue weighted by Crippen LogP contribution is 2.34. The van der Waals surface area contributed by atoms with Gasteiger partial charge in [-0.2, -0.15) is 0 Å². The average Bonchev–Trinajstić information content (AvgIpc) is 2.37. The molecule has 3 heteroatoms. The van der Waals surface area contributed by atoms with Crippen LogP contribution in [0.1, 0.15) is 59.1 Å². The molecule has 1 rings (SSSR count). The van der Waals surface area contributed by atoms with E-state index in [-0.39, 0.29) is 0 Å². The number of rotatable bonds is 6. The lowest BCUT2D eigenvalue weighted by atomic mass is 9.93. The van der Waals surface area contributed by atoms with Gasteiger partial charge in [0.05, 0.1) is 0 Å². The Kier molecular flexibility index (Phi) is 6.66. The maximum Gasteiger partial charge on any atom is 0.0360 e. The molecule has 0 heterocycles. The van der Waals surface area contributed by atoms with Crippen LogP contribution >= 0.6 is 9.39 Å². The Morgan fingerprint density at radius 3 is 2.21 bits per heavy atom. The van der Waals surface area contributed by atoms with Crippen LogP contribution in [0, 0.1) is 17.7 Å². The molecule has 2 nitrogen and oxygen atoms in total. The van der Waals surface area contributed by atoms with E-state index in [0.29, 0.717) is 11.1 Å². The van der Waals surface area contributed by atoms with Crippen LogP contribution in [0.2, 0.25) is 0 Å². The van der Waals surface area contributed by atoms with Crippen molar-refractivity contribution in [1.29, 1.82) is 5.41 Å². The van der Waals surface area contributed by atoms with Gasteiger partial charge in [0.25, 0.3) is 0 Å².